The van der Waals surface area contributed by atoms with Gasteiger partial charge in [-0.2, -0.15) is 0 Å². The number of anilines is 1. The molecule has 2 N–H and O–H groups in total. The maximum atomic E-state index is 13.2. The summed E-state index contributed by atoms with van der Waals surface area (Å²) in [6.07, 6.45) is 0. The topological polar surface area (TPSA) is 111 Å². The Hall–Kier alpha value is -3.49. The van der Waals surface area contributed by atoms with E-state index in [1.807, 2.05) is 32.9 Å². The molecule has 0 saturated heterocycles. The van der Waals surface area contributed by atoms with Gasteiger partial charge in [-0.3, -0.25) is 19.7 Å². The fraction of sp³-hybridized carbons (Fsp3) is 0.263. The van der Waals surface area contributed by atoms with E-state index in [-0.39, 0.29) is 12.3 Å². The van der Waals surface area contributed by atoms with Crippen LogP contribution in [0.15, 0.2) is 30.3 Å². The summed E-state index contributed by atoms with van der Waals surface area (Å²) in [5.74, 6) is -2.20. The van der Waals surface area contributed by atoms with Gasteiger partial charge < -0.3 is 15.4 Å². The summed E-state index contributed by atoms with van der Waals surface area (Å²) in [6.45, 7) is 4.79. The Labute approximate surface area is 160 Å². The Bertz CT molecular complexity index is 907. The largest absolute Gasteiger partial charge is 0.477 e. The molecule has 28 heavy (non-hydrogen) atoms. The molecule has 0 bridgehead atoms. The minimum atomic E-state index is -0.744. The highest BCUT2D eigenvalue weighted by Gasteiger charge is 2.17. The van der Waals surface area contributed by atoms with Crippen molar-refractivity contribution >= 4 is 23.2 Å². The van der Waals surface area contributed by atoms with Crippen molar-refractivity contribution in [2.75, 3.05) is 18.5 Å². The average Bonchev–Trinajstić information content (AvgIpc) is 2.61. The third kappa shape index (κ3) is 5.50. The summed E-state index contributed by atoms with van der Waals surface area (Å²) in [5.41, 5.74) is 3.09. The molecule has 2 rings (SSSR count). The number of aryl methyl sites for hydroxylation is 3. The number of nitro groups is 1. The number of hydrogen-bond donors (Lipinski definition) is 2. The Kier molecular flexibility index (Phi) is 6.64. The van der Waals surface area contributed by atoms with Gasteiger partial charge >= 0.3 is 5.69 Å². The molecule has 0 aliphatic carbocycles. The number of hydrogen-bond acceptors (Lipinski definition) is 5. The lowest BCUT2D eigenvalue weighted by atomic mass is 10.1. The van der Waals surface area contributed by atoms with Crippen molar-refractivity contribution in [2.24, 2.45) is 0 Å². The summed E-state index contributed by atoms with van der Waals surface area (Å²) >= 11 is 0. The van der Waals surface area contributed by atoms with Crippen molar-refractivity contribution in [3.63, 3.8) is 0 Å². The van der Waals surface area contributed by atoms with Gasteiger partial charge in [-0.25, -0.2) is 4.39 Å². The van der Waals surface area contributed by atoms with Gasteiger partial charge in [-0.15, -0.1) is 0 Å². The van der Waals surface area contributed by atoms with Crippen molar-refractivity contribution in [1.29, 1.82) is 0 Å². The monoisotopic (exact) mass is 389 g/mol. The second kappa shape index (κ2) is 8.94. The second-order valence-electron chi connectivity index (χ2n) is 6.26. The Morgan fingerprint density at radius 2 is 1.75 bits per heavy atom. The maximum absolute atomic E-state index is 13.2. The number of nitrogens with one attached hydrogen (secondary N) is 2. The molecule has 0 aliphatic rings. The average molecular weight is 389 g/mol. The number of rotatable bonds is 7. The molecular formula is C19H20FN3O5. The molecule has 0 heterocycles. The smallest absolute Gasteiger partial charge is 0.311 e. The van der Waals surface area contributed by atoms with Crippen molar-refractivity contribution in [2.45, 2.75) is 20.8 Å². The normalized spacial score (nSPS) is 10.3. The molecule has 2 aromatic carbocycles. The first-order valence-corrected chi connectivity index (χ1v) is 8.38. The summed E-state index contributed by atoms with van der Waals surface area (Å²) in [5, 5.41) is 16.0. The van der Waals surface area contributed by atoms with E-state index in [2.05, 4.69) is 10.6 Å². The quantitative estimate of drug-likeness (QED) is 0.559. The number of ether oxygens (including phenoxy) is 1. The summed E-state index contributed by atoms with van der Waals surface area (Å²) in [7, 11) is 0. The van der Waals surface area contributed by atoms with Gasteiger partial charge in [0.15, 0.2) is 6.61 Å². The molecule has 0 spiro atoms. The van der Waals surface area contributed by atoms with E-state index in [1.165, 1.54) is 0 Å². The lowest BCUT2D eigenvalue weighted by molar-refractivity contribution is -0.385. The molecule has 2 amide bonds. The van der Waals surface area contributed by atoms with E-state index >= 15 is 0 Å². The van der Waals surface area contributed by atoms with E-state index in [1.54, 1.807) is 0 Å². The highest BCUT2D eigenvalue weighted by molar-refractivity contribution is 5.95. The fourth-order valence-corrected chi connectivity index (χ4v) is 2.69. The molecule has 148 valence electrons. The highest BCUT2D eigenvalue weighted by Crippen LogP contribution is 2.27. The molecular weight excluding hydrogens is 369 g/mol. The first-order chi connectivity index (χ1) is 13.2. The summed E-state index contributed by atoms with van der Waals surface area (Å²) in [6, 6.07) is 6.55. The van der Waals surface area contributed by atoms with Crippen LogP contribution < -0.4 is 15.4 Å². The number of nitrogens with zero attached hydrogens (tertiary/aromatic N) is 1. The van der Waals surface area contributed by atoms with Crippen LogP contribution in [0.1, 0.15) is 16.7 Å². The third-order valence-electron chi connectivity index (χ3n) is 3.86. The number of carbonyl (C=O) groups excluding carboxylic acids is 2. The van der Waals surface area contributed by atoms with Gasteiger partial charge in [0.2, 0.25) is 11.7 Å². The predicted octanol–water partition coefficient (Wildman–Crippen LogP) is 2.79. The Balaban J connectivity index is 1.89. The molecule has 9 heteroatoms. The molecule has 0 saturated carbocycles. The van der Waals surface area contributed by atoms with Gasteiger partial charge in [0.1, 0.15) is 5.82 Å². The van der Waals surface area contributed by atoms with Gasteiger partial charge in [0.25, 0.3) is 5.91 Å². The van der Waals surface area contributed by atoms with Crippen LogP contribution in [0, 0.1) is 36.7 Å². The van der Waals surface area contributed by atoms with Crippen molar-refractivity contribution in [1.82, 2.24) is 5.32 Å². The standard InChI is InChI=1S/C19H20FN3O5/c1-11-6-12(2)19(13(3)7-11)22-17(24)9-21-18(25)10-28-16-8-14(20)4-5-15(16)23(26)27/h4-8H,9-10H2,1-3H3,(H,21,25)(H,22,24). The first kappa shape index (κ1) is 20.8. The number of carbonyl (C=O) groups is 2. The minimum Gasteiger partial charge on any atom is -0.477 e. The number of halogens is 1. The van der Waals surface area contributed by atoms with E-state index in [4.69, 9.17) is 4.74 Å². The van der Waals surface area contributed by atoms with Crippen molar-refractivity contribution < 1.29 is 23.6 Å². The summed E-state index contributed by atoms with van der Waals surface area (Å²) < 4.78 is 18.2. The second-order valence-corrected chi connectivity index (χ2v) is 6.26. The highest BCUT2D eigenvalue weighted by atomic mass is 19.1. The first-order valence-electron chi connectivity index (χ1n) is 8.38. The number of benzene rings is 2. The molecule has 2 aromatic rings. The van der Waals surface area contributed by atoms with E-state index in [0.717, 1.165) is 34.9 Å². The zero-order chi connectivity index (χ0) is 20.8. The zero-order valence-electron chi connectivity index (χ0n) is 15.7. The predicted molar refractivity (Wildman–Crippen MR) is 101 cm³/mol. The molecule has 0 aromatic heterocycles. The maximum Gasteiger partial charge on any atom is 0.311 e. The summed E-state index contributed by atoms with van der Waals surface area (Å²) in [4.78, 5) is 34.0. The molecule has 0 fully saturated rings. The zero-order valence-corrected chi connectivity index (χ0v) is 15.7. The molecule has 0 aliphatic heterocycles. The molecule has 0 unspecified atom stereocenters. The van der Waals surface area contributed by atoms with Crippen LogP contribution in [0.2, 0.25) is 0 Å². The van der Waals surface area contributed by atoms with Gasteiger partial charge in [-0.05, 0) is 38.0 Å². The van der Waals surface area contributed by atoms with Gasteiger partial charge in [0.05, 0.1) is 11.5 Å². The minimum absolute atomic E-state index is 0.305. The number of nitro benzene ring substituents is 1. The van der Waals surface area contributed by atoms with Crippen molar-refractivity contribution in [3.05, 3.63) is 63.0 Å². The van der Waals surface area contributed by atoms with Gasteiger partial charge in [-0.1, -0.05) is 17.7 Å². The van der Waals surface area contributed by atoms with Crippen LogP contribution in [0.3, 0.4) is 0 Å². The lowest BCUT2D eigenvalue weighted by Crippen LogP contribution is -2.36. The van der Waals surface area contributed by atoms with Crippen LogP contribution in [-0.2, 0) is 9.59 Å². The van der Waals surface area contributed by atoms with E-state index < -0.39 is 34.8 Å². The van der Waals surface area contributed by atoms with Crippen LogP contribution in [0.25, 0.3) is 0 Å². The third-order valence-corrected chi connectivity index (χ3v) is 3.86. The molecule has 0 radical (unpaired) electrons. The fourth-order valence-electron chi connectivity index (χ4n) is 2.69. The van der Waals surface area contributed by atoms with Crippen LogP contribution in [0.5, 0.6) is 5.75 Å². The lowest BCUT2D eigenvalue weighted by Gasteiger charge is -2.13. The Morgan fingerprint density at radius 3 is 2.36 bits per heavy atom. The SMILES string of the molecule is Cc1cc(C)c(NC(=O)CNC(=O)COc2cc(F)ccc2[N+](=O)[O-])c(C)c1. The Morgan fingerprint density at radius 1 is 1.11 bits per heavy atom. The van der Waals surface area contributed by atoms with E-state index in [9.17, 15) is 24.1 Å². The molecule has 0 atom stereocenters. The van der Waals surface area contributed by atoms with Gasteiger partial charge in [0, 0.05) is 17.8 Å². The van der Waals surface area contributed by atoms with Crippen LogP contribution in [-0.4, -0.2) is 29.9 Å². The van der Waals surface area contributed by atoms with Crippen LogP contribution in [0.4, 0.5) is 15.8 Å². The van der Waals surface area contributed by atoms with Crippen molar-refractivity contribution in [3.8, 4) is 5.75 Å². The van der Waals surface area contributed by atoms with E-state index in [0.29, 0.717) is 5.69 Å². The molecule has 8 nitrogen and oxygen atoms in total. The van der Waals surface area contributed by atoms with Crippen LogP contribution >= 0.6 is 0 Å². The number of amides is 2.